The van der Waals surface area contributed by atoms with Crippen molar-refractivity contribution in [1.82, 2.24) is 15.2 Å². The second-order valence-corrected chi connectivity index (χ2v) is 8.71. The summed E-state index contributed by atoms with van der Waals surface area (Å²) in [6.45, 7) is 4.38. The number of nitrogens with zero attached hydrogens (tertiary/aromatic N) is 2. The number of amides is 2. The highest BCUT2D eigenvalue weighted by atomic mass is 35.5. The van der Waals surface area contributed by atoms with Crippen LogP contribution < -0.4 is 5.32 Å². The molecule has 0 bridgehead atoms. The SMILES string of the molecule is C[C@H](NC(=O)N1CCC(c2nc3cc(Cl)ccc3s2)CC1)[C@@H]1CCCO1. The lowest BCUT2D eigenvalue weighted by Crippen LogP contribution is -2.49. The van der Waals surface area contributed by atoms with Gasteiger partial charge in [-0.25, -0.2) is 9.78 Å². The molecular weight excluding hydrogens is 370 g/mol. The summed E-state index contributed by atoms with van der Waals surface area (Å²) in [5.74, 6) is 0.422. The molecule has 140 valence electrons. The number of benzene rings is 1. The van der Waals surface area contributed by atoms with Crippen molar-refractivity contribution >= 4 is 39.2 Å². The first-order chi connectivity index (χ1) is 12.6. The summed E-state index contributed by atoms with van der Waals surface area (Å²) < 4.78 is 6.84. The van der Waals surface area contributed by atoms with Gasteiger partial charge in [0.05, 0.1) is 27.4 Å². The molecule has 26 heavy (non-hydrogen) atoms. The van der Waals surface area contributed by atoms with Gasteiger partial charge in [0.2, 0.25) is 0 Å². The van der Waals surface area contributed by atoms with Crippen molar-refractivity contribution in [3.8, 4) is 0 Å². The third-order valence-corrected chi connectivity index (χ3v) is 6.81. The maximum Gasteiger partial charge on any atom is 0.317 e. The van der Waals surface area contributed by atoms with Crippen LogP contribution in [0.15, 0.2) is 18.2 Å². The minimum atomic E-state index is 0.0301. The van der Waals surface area contributed by atoms with Gasteiger partial charge in [-0.3, -0.25) is 0 Å². The Hall–Kier alpha value is -1.37. The van der Waals surface area contributed by atoms with Crippen molar-refractivity contribution < 1.29 is 9.53 Å². The lowest BCUT2D eigenvalue weighted by atomic mass is 9.98. The van der Waals surface area contributed by atoms with E-state index in [4.69, 9.17) is 21.3 Å². The number of halogens is 1. The molecule has 2 atom stereocenters. The number of carbonyl (C=O) groups excluding carboxylic acids is 1. The maximum atomic E-state index is 12.5. The molecule has 7 heteroatoms. The van der Waals surface area contributed by atoms with E-state index in [1.54, 1.807) is 11.3 Å². The van der Waals surface area contributed by atoms with Crippen molar-refractivity contribution in [1.29, 1.82) is 0 Å². The van der Waals surface area contributed by atoms with E-state index in [-0.39, 0.29) is 18.2 Å². The first kappa shape index (κ1) is 18.0. The molecule has 0 aliphatic carbocycles. The summed E-state index contributed by atoms with van der Waals surface area (Å²) in [6.07, 6.45) is 4.19. The largest absolute Gasteiger partial charge is 0.376 e. The van der Waals surface area contributed by atoms with Gasteiger partial charge in [-0.15, -0.1) is 11.3 Å². The Morgan fingerprint density at radius 1 is 1.38 bits per heavy atom. The van der Waals surface area contributed by atoms with E-state index in [0.717, 1.165) is 60.9 Å². The highest BCUT2D eigenvalue weighted by Crippen LogP contribution is 2.34. The Balaban J connectivity index is 1.33. The summed E-state index contributed by atoms with van der Waals surface area (Å²) in [5, 5.41) is 4.99. The van der Waals surface area contributed by atoms with Gasteiger partial charge >= 0.3 is 6.03 Å². The van der Waals surface area contributed by atoms with E-state index in [9.17, 15) is 4.79 Å². The van der Waals surface area contributed by atoms with Gasteiger partial charge in [-0.1, -0.05) is 11.6 Å². The molecule has 4 rings (SSSR count). The summed E-state index contributed by atoms with van der Waals surface area (Å²) in [4.78, 5) is 19.2. The fourth-order valence-electron chi connectivity index (χ4n) is 3.80. The zero-order chi connectivity index (χ0) is 18.1. The molecule has 3 heterocycles. The molecule has 2 amide bonds. The minimum Gasteiger partial charge on any atom is -0.376 e. The first-order valence-electron chi connectivity index (χ1n) is 9.33. The van der Waals surface area contributed by atoms with Crippen molar-refractivity contribution in [2.24, 2.45) is 0 Å². The fraction of sp³-hybridized carbons (Fsp3) is 0.579. The molecule has 2 aliphatic heterocycles. The standard InChI is InChI=1S/C19H24ClN3O2S/c1-12(16-3-2-10-25-16)21-19(24)23-8-6-13(7-9-23)18-22-15-11-14(20)4-5-17(15)26-18/h4-5,11-13,16H,2-3,6-10H2,1H3,(H,21,24)/t12-,16-/m0/s1. The number of nitrogens with one attached hydrogen (secondary N) is 1. The molecule has 0 radical (unpaired) electrons. The van der Waals surface area contributed by atoms with Gasteiger partial charge in [0, 0.05) is 30.6 Å². The maximum absolute atomic E-state index is 12.5. The van der Waals surface area contributed by atoms with Crippen LogP contribution >= 0.6 is 22.9 Å². The van der Waals surface area contributed by atoms with E-state index in [2.05, 4.69) is 5.32 Å². The van der Waals surface area contributed by atoms with Crippen LogP contribution in [0, 0.1) is 0 Å². The topological polar surface area (TPSA) is 54.5 Å². The zero-order valence-electron chi connectivity index (χ0n) is 14.9. The number of fused-ring (bicyclic) bond motifs is 1. The predicted molar refractivity (Wildman–Crippen MR) is 105 cm³/mol. The zero-order valence-corrected chi connectivity index (χ0v) is 16.5. The number of thiazole rings is 1. The van der Waals surface area contributed by atoms with Crippen molar-refractivity contribution in [3.05, 3.63) is 28.2 Å². The van der Waals surface area contributed by atoms with Gasteiger partial charge in [-0.2, -0.15) is 0 Å². The van der Waals surface area contributed by atoms with Gasteiger partial charge < -0.3 is 15.0 Å². The van der Waals surface area contributed by atoms with E-state index in [1.165, 1.54) is 4.70 Å². The number of hydrogen-bond donors (Lipinski definition) is 1. The van der Waals surface area contributed by atoms with Crippen LogP contribution in [0.2, 0.25) is 5.02 Å². The van der Waals surface area contributed by atoms with E-state index >= 15 is 0 Å². The number of rotatable bonds is 3. The Morgan fingerprint density at radius 3 is 2.92 bits per heavy atom. The van der Waals surface area contributed by atoms with E-state index in [1.807, 2.05) is 30.0 Å². The van der Waals surface area contributed by atoms with Crippen LogP contribution in [-0.4, -0.2) is 47.8 Å². The van der Waals surface area contributed by atoms with Gasteiger partial charge in [0.15, 0.2) is 0 Å². The number of urea groups is 1. The number of piperidine rings is 1. The van der Waals surface area contributed by atoms with Crippen molar-refractivity contribution in [3.63, 3.8) is 0 Å². The number of likely N-dealkylation sites (tertiary alicyclic amines) is 1. The summed E-state index contributed by atoms with van der Waals surface area (Å²) in [7, 11) is 0. The monoisotopic (exact) mass is 393 g/mol. The first-order valence-corrected chi connectivity index (χ1v) is 10.5. The molecule has 1 aromatic heterocycles. The summed E-state index contributed by atoms with van der Waals surface area (Å²) in [5.41, 5.74) is 0.975. The van der Waals surface area contributed by atoms with Crippen LogP contribution in [0.1, 0.15) is 43.5 Å². The summed E-state index contributed by atoms with van der Waals surface area (Å²) in [6, 6.07) is 5.97. The van der Waals surface area contributed by atoms with Crippen molar-refractivity contribution in [2.45, 2.75) is 50.7 Å². The lowest BCUT2D eigenvalue weighted by molar-refractivity contribution is 0.0824. The number of hydrogen-bond acceptors (Lipinski definition) is 4. The molecule has 0 saturated carbocycles. The molecule has 2 fully saturated rings. The molecule has 0 unspecified atom stereocenters. The highest BCUT2D eigenvalue weighted by Gasteiger charge is 2.29. The molecule has 1 aromatic carbocycles. The van der Waals surface area contributed by atoms with Crippen LogP contribution in [0.25, 0.3) is 10.2 Å². The summed E-state index contributed by atoms with van der Waals surface area (Å²) >= 11 is 7.81. The van der Waals surface area contributed by atoms with E-state index < -0.39 is 0 Å². The third kappa shape index (κ3) is 3.82. The normalized spacial score (nSPS) is 22.7. The number of carbonyl (C=O) groups is 1. The smallest absolute Gasteiger partial charge is 0.317 e. The second kappa shape index (κ2) is 7.71. The molecule has 2 saturated heterocycles. The van der Waals surface area contributed by atoms with Crippen LogP contribution in [-0.2, 0) is 4.74 Å². The Morgan fingerprint density at radius 2 is 2.19 bits per heavy atom. The fourth-order valence-corrected chi connectivity index (χ4v) is 5.08. The molecule has 5 nitrogen and oxygen atoms in total. The average Bonchev–Trinajstić information content (AvgIpc) is 3.31. The quantitative estimate of drug-likeness (QED) is 0.840. The molecular formula is C19H24ClN3O2S. The highest BCUT2D eigenvalue weighted by molar-refractivity contribution is 7.18. The number of aromatic nitrogens is 1. The molecule has 0 spiro atoms. The Kier molecular flexibility index (Phi) is 5.34. The van der Waals surface area contributed by atoms with Gasteiger partial charge in [0.1, 0.15) is 0 Å². The second-order valence-electron chi connectivity index (χ2n) is 7.22. The van der Waals surface area contributed by atoms with Crippen molar-refractivity contribution in [2.75, 3.05) is 19.7 Å². The van der Waals surface area contributed by atoms with Gasteiger partial charge in [0.25, 0.3) is 0 Å². The van der Waals surface area contributed by atoms with Crippen LogP contribution in [0.5, 0.6) is 0 Å². The van der Waals surface area contributed by atoms with Gasteiger partial charge in [-0.05, 0) is 50.8 Å². The minimum absolute atomic E-state index is 0.0301. The predicted octanol–water partition coefficient (Wildman–Crippen LogP) is 4.41. The molecule has 2 aromatic rings. The Bertz CT molecular complexity index is 782. The lowest BCUT2D eigenvalue weighted by Gasteiger charge is -2.32. The third-order valence-electron chi connectivity index (χ3n) is 5.37. The Labute approximate surface area is 162 Å². The van der Waals surface area contributed by atoms with Crippen LogP contribution in [0.3, 0.4) is 0 Å². The average molecular weight is 394 g/mol. The molecule has 2 aliphatic rings. The van der Waals surface area contributed by atoms with Crippen LogP contribution in [0.4, 0.5) is 4.79 Å². The van der Waals surface area contributed by atoms with E-state index in [0.29, 0.717) is 5.92 Å². The molecule has 1 N–H and O–H groups in total. The number of ether oxygens (including phenoxy) is 1.